The summed E-state index contributed by atoms with van der Waals surface area (Å²) in [4.78, 5) is 19.7. The number of carbonyl (C=O) groups is 1. The smallest absolute Gasteiger partial charge is 0.244 e. The van der Waals surface area contributed by atoms with Crippen LogP contribution in [0.15, 0.2) is 35.2 Å². The first-order valence-corrected chi connectivity index (χ1v) is 9.21. The Morgan fingerprint density at radius 1 is 1.45 bits per heavy atom. The van der Waals surface area contributed by atoms with Gasteiger partial charge in [-0.1, -0.05) is 6.07 Å². The first-order valence-electron chi connectivity index (χ1n) is 7.45. The minimum Gasteiger partial charge on any atom is -0.352 e. The highest BCUT2D eigenvalue weighted by atomic mass is 32.1. The number of piperidine rings is 1. The van der Waals surface area contributed by atoms with E-state index in [9.17, 15) is 4.79 Å². The van der Waals surface area contributed by atoms with Crippen molar-refractivity contribution in [3.63, 3.8) is 0 Å². The zero-order valence-corrected chi connectivity index (χ0v) is 13.9. The normalized spacial score (nSPS) is 18.7. The van der Waals surface area contributed by atoms with Crippen LogP contribution < -0.4 is 10.2 Å². The standard InChI is InChI=1S/C16H19N3OS2/c20-15(6-5-14-4-2-9-21-14)18-11-13-3-1-8-19(12-13)16-17-7-10-22-16/h2,4-7,9-10,13H,1,3,8,11-12H2,(H,18,20)/b6-5+/t13-/m1/s1. The van der Waals surface area contributed by atoms with Crippen molar-refractivity contribution in [1.29, 1.82) is 0 Å². The van der Waals surface area contributed by atoms with Crippen LogP contribution in [-0.2, 0) is 4.79 Å². The second-order valence-electron chi connectivity index (χ2n) is 5.36. The number of nitrogens with zero attached hydrogens (tertiary/aromatic N) is 2. The molecule has 22 heavy (non-hydrogen) atoms. The molecule has 1 atom stereocenters. The zero-order chi connectivity index (χ0) is 15.2. The molecule has 1 amide bonds. The third-order valence-electron chi connectivity index (χ3n) is 3.72. The lowest BCUT2D eigenvalue weighted by molar-refractivity contribution is -0.116. The summed E-state index contributed by atoms with van der Waals surface area (Å²) in [7, 11) is 0. The maximum atomic E-state index is 11.9. The molecular weight excluding hydrogens is 314 g/mol. The van der Waals surface area contributed by atoms with Gasteiger partial charge in [0.25, 0.3) is 0 Å². The van der Waals surface area contributed by atoms with Gasteiger partial charge in [0.2, 0.25) is 5.91 Å². The van der Waals surface area contributed by atoms with E-state index >= 15 is 0 Å². The van der Waals surface area contributed by atoms with Crippen LogP contribution in [0.25, 0.3) is 6.08 Å². The van der Waals surface area contributed by atoms with Gasteiger partial charge < -0.3 is 10.2 Å². The van der Waals surface area contributed by atoms with Gasteiger partial charge in [-0.25, -0.2) is 4.98 Å². The highest BCUT2D eigenvalue weighted by Gasteiger charge is 2.21. The number of hydrogen-bond donors (Lipinski definition) is 1. The van der Waals surface area contributed by atoms with E-state index in [1.807, 2.05) is 35.2 Å². The van der Waals surface area contributed by atoms with E-state index in [1.54, 1.807) is 28.7 Å². The molecule has 1 N–H and O–H groups in total. The van der Waals surface area contributed by atoms with Crippen molar-refractivity contribution in [1.82, 2.24) is 10.3 Å². The summed E-state index contributed by atoms with van der Waals surface area (Å²) in [5, 5.41) is 8.12. The monoisotopic (exact) mass is 333 g/mol. The first-order chi connectivity index (χ1) is 10.8. The number of carbonyl (C=O) groups excluding carboxylic acids is 1. The predicted octanol–water partition coefficient (Wildman–Crippen LogP) is 3.25. The van der Waals surface area contributed by atoms with E-state index in [2.05, 4.69) is 15.2 Å². The number of rotatable bonds is 5. The molecular formula is C16H19N3OS2. The van der Waals surface area contributed by atoms with Crippen LogP contribution >= 0.6 is 22.7 Å². The second-order valence-corrected chi connectivity index (χ2v) is 7.22. The Kier molecular flexibility index (Phi) is 5.24. The summed E-state index contributed by atoms with van der Waals surface area (Å²) in [5.41, 5.74) is 0. The lowest BCUT2D eigenvalue weighted by Crippen LogP contribution is -2.40. The van der Waals surface area contributed by atoms with Gasteiger partial charge in [0.05, 0.1) is 0 Å². The van der Waals surface area contributed by atoms with Crippen molar-refractivity contribution < 1.29 is 4.79 Å². The summed E-state index contributed by atoms with van der Waals surface area (Å²) < 4.78 is 0. The number of aromatic nitrogens is 1. The van der Waals surface area contributed by atoms with E-state index in [0.29, 0.717) is 5.92 Å². The van der Waals surface area contributed by atoms with Crippen molar-refractivity contribution in [3.8, 4) is 0 Å². The van der Waals surface area contributed by atoms with Crippen molar-refractivity contribution in [3.05, 3.63) is 40.0 Å². The van der Waals surface area contributed by atoms with Gasteiger partial charge in [-0.2, -0.15) is 0 Å². The molecule has 1 saturated heterocycles. The van der Waals surface area contributed by atoms with Gasteiger partial charge in [0.15, 0.2) is 5.13 Å². The number of thiophene rings is 1. The fraction of sp³-hybridized carbons (Fsp3) is 0.375. The molecule has 0 unspecified atom stereocenters. The summed E-state index contributed by atoms with van der Waals surface area (Å²) in [6, 6.07) is 3.99. The number of anilines is 1. The van der Waals surface area contributed by atoms with E-state index < -0.39 is 0 Å². The lowest BCUT2D eigenvalue weighted by Gasteiger charge is -2.32. The minimum absolute atomic E-state index is 0.0141. The molecule has 0 spiro atoms. The fourth-order valence-corrected chi connectivity index (χ4v) is 3.92. The molecule has 116 valence electrons. The van der Waals surface area contributed by atoms with Crippen LogP contribution in [0, 0.1) is 5.92 Å². The van der Waals surface area contributed by atoms with Crippen molar-refractivity contribution in [2.75, 3.05) is 24.5 Å². The Morgan fingerprint density at radius 3 is 3.18 bits per heavy atom. The molecule has 0 aliphatic carbocycles. The maximum absolute atomic E-state index is 11.9. The fourth-order valence-electron chi connectivity index (χ4n) is 2.63. The average Bonchev–Trinajstić information content (AvgIpc) is 3.24. The third-order valence-corrected chi connectivity index (χ3v) is 5.39. The lowest BCUT2D eigenvalue weighted by atomic mass is 9.98. The maximum Gasteiger partial charge on any atom is 0.244 e. The van der Waals surface area contributed by atoms with E-state index in [-0.39, 0.29) is 5.91 Å². The van der Waals surface area contributed by atoms with Crippen LogP contribution in [0.2, 0.25) is 0 Å². The molecule has 1 fully saturated rings. The molecule has 1 aliphatic rings. The second kappa shape index (κ2) is 7.56. The molecule has 2 aromatic rings. The highest BCUT2D eigenvalue weighted by molar-refractivity contribution is 7.13. The van der Waals surface area contributed by atoms with E-state index in [4.69, 9.17) is 0 Å². The summed E-state index contributed by atoms with van der Waals surface area (Å²) in [6.07, 6.45) is 7.65. The molecule has 1 aliphatic heterocycles. The quantitative estimate of drug-likeness (QED) is 0.854. The largest absolute Gasteiger partial charge is 0.352 e. The summed E-state index contributed by atoms with van der Waals surface area (Å²) in [5.74, 6) is 0.483. The Morgan fingerprint density at radius 2 is 2.41 bits per heavy atom. The number of amides is 1. The Labute approximate surface area is 138 Å². The van der Waals surface area contributed by atoms with Crippen molar-refractivity contribution in [2.24, 2.45) is 5.92 Å². The first kappa shape index (κ1) is 15.2. The van der Waals surface area contributed by atoms with Crippen molar-refractivity contribution >= 4 is 39.8 Å². The minimum atomic E-state index is -0.0141. The van der Waals surface area contributed by atoms with Gasteiger partial charge >= 0.3 is 0 Å². The van der Waals surface area contributed by atoms with Crippen LogP contribution in [0.5, 0.6) is 0 Å². The third kappa shape index (κ3) is 4.18. The van der Waals surface area contributed by atoms with Gasteiger partial charge in [-0.15, -0.1) is 22.7 Å². The van der Waals surface area contributed by atoms with E-state index in [1.165, 1.54) is 0 Å². The molecule has 3 heterocycles. The molecule has 3 rings (SSSR count). The predicted molar refractivity (Wildman–Crippen MR) is 93.4 cm³/mol. The molecule has 2 aromatic heterocycles. The van der Waals surface area contributed by atoms with Gasteiger partial charge in [-0.05, 0) is 36.3 Å². The molecule has 0 radical (unpaired) electrons. The van der Waals surface area contributed by atoms with Gasteiger partial charge in [0.1, 0.15) is 0 Å². The SMILES string of the molecule is O=C(/C=C/c1cccs1)NC[C@H]1CCCN(c2nccs2)C1. The van der Waals surface area contributed by atoms with E-state index in [0.717, 1.165) is 42.5 Å². The topological polar surface area (TPSA) is 45.2 Å². The molecule has 6 heteroatoms. The van der Waals surface area contributed by atoms with Crippen LogP contribution in [0.1, 0.15) is 17.7 Å². The van der Waals surface area contributed by atoms with Gasteiger partial charge in [-0.3, -0.25) is 4.79 Å². The van der Waals surface area contributed by atoms with Crippen molar-refractivity contribution in [2.45, 2.75) is 12.8 Å². The van der Waals surface area contributed by atoms with Crippen LogP contribution in [-0.4, -0.2) is 30.5 Å². The van der Waals surface area contributed by atoms with Gasteiger partial charge in [0, 0.05) is 42.2 Å². The van der Waals surface area contributed by atoms with Crippen LogP contribution in [0.3, 0.4) is 0 Å². The summed E-state index contributed by atoms with van der Waals surface area (Å²) >= 11 is 3.31. The molecule has 4 nitrogen and oxygen atoms in total. The molecule has 0 saturated carbocycles. The zero-order valence-electron chi connectivity index (χ0n) is 12.3. The summed E-state index contributed by atoms with van der Waals surface area (Å²) in [6.45, 7) is 2.77. The number of thiazole rings is 1. The molecule has 0 aromatic carbocycles. The highest BCUT2D eigenvalue weighted by Crippen LogP contribution is 2.24. The molecule has 0 bridgehead atoms. The average molecular weight is 333 g/mol. The number of hydrogen-bond acceptors (Lipinski definition) is 5. The Balaban J connectivity index is 1.46. The Bertz CT molecular complexity index is 607. The van der Waals surface area contributed by atoms with Crippen LogP contribution in [0.4, 0.5) is 5.13 Å². The number of nitrogens with one attached hydrogen (secondary N) is 1. The Hall–Kier alpha value is -1.66.